The first-order valence-corrected chi connectivity index (χ1v) is 7.25. The molecule has 3 atom stereocenters. The lowest BCUT2D eigenvalue weighted by Crippen LogP contribution is -2.58. The van der Waals surface area contributed by atoms with Crippen LogP contribution in [0.5, 0.6) is 0 Å². The van der Waals surface area contributed by atoms with E-state index >= 15 is 0 Å². The van der Waals surface area contributed by atoms with E-state index in [0.29, 0.717) is 19.1 Å². The molecule has 0 aromatic carbocycles. The van der Waals surface area contributed by atoms with Gasteiger partial charge in [0.2, 0.25) is 5.91 Å². The highest BCUT2D eigenvalue weighted by Gasteiger charge is 2.47. The Morgan fingerprint density at radius 2 is 2.32 bits per heavy atom. The Morgan fingerprint density at radius 3 is 2.84 bits per heavy atom. The minimum absolute atomic E-state index is 0.0244. The van der Waals surface area contributed by atoms with Crippen molar-refractivity contribution in [3.05, 3.63) is 0 Å². The summed E-state index contributed by atoms with van der Waals surface area (Å²) < 4.78 is 5.52. The third-order valence-corrected chi connectivity index (χ3v) is 4.69. The second-order valence-electron chi connectivity index (χ2n) is 6.18. The Hall–Kier alpha value is -0.650. The molecule has 0 spiro atoms. The van der Waals surface area contributed by atoms with Crippen molar-refractivity contribution in [1.82, 2.24) is 10.2 Å². The summed E-state index contributed by atoms with van der Waals surface area (Å²) in [5.41, 5.74) is -0.286. The average molecular weight is 270 g/mol. The molecule has 0 bridgehead atoms. The maximum Gasteiger partial charge on any atom is 0.230 e. The first kappa shape index (κ1) is 14.8. The van der Waals surface area contributed by atoms with Crippen LogP contribution in [0, 0.1) is 11.3 Å². The van der Waals surface area contributed by atoms with Crippen LogP contribution in [0.4, 0.5) is 0 Å². The number of morpholine rings is 1. The summed E-state index contributed by atoms with van der Waals surface area (Å²) in [6.07, 6.45) is 0.663. The van der Waals surface area contributed by atoms with Crippen LogP contribution >= 0.6 is 0 Å². The average Bonchev–Trinajstić information content (AvgIpc) is 2.89. The monoisotopic (exact) mass is 270 g/mol. The molecule has 5 heteroatoms. The summed E-state index contributed by atoms with van der Waals surface area (Å²) in [6.45, 7) is 8.93. The molecule has 2 heterocycles. The van der Waals surface area contributed by atoms with Gasteiger partial charge in [-0.2, -0.15) is 0 Å². The van der Waals surface area contributed by atoms with Gasteiger partial charge in [0.1, 0.15) is 0 Å². The Kier molecular flexibility index (Phi) is 4.48. The lowest BCUT2D eigenvalue weighted by Gasteiger charge is -2.43. The molecule has 2 fully saturated rings. The molecule has 3 unspecified atom stereocenters. The summed E-state index contributed by atoms with van der Waals surface area (Å²) >= 11 is 0. The number of nitrogens with one attached hydrogen (secondary N) is 1. The fourth-order valence-electron chi connectivity index (χ4n) is 3.13. The van der Waals surface area contributed by atoms with E-state index in [-0.39, 0.29) is 30.1 Å². The van der Waals surface area contributed by atoms with Gasteiger partial charge in [-0.1, -0.05) is 13.8 Å². The Bertz CT molecular complexity index is 327. The molecule has 0 aromatic rings. The Labute approximate surface area is 115 Å². The molecule has 2 aliphatic rings. The zero-order chi connectivity index (χ0) is 14.0. The van der Waals surface area contributed by atoms with E-state index in [1.807, 2.05) is 11.8 Å². The highest BCUT2D eigenvalue weighted by atomic mass is 16.5. The van der Waals surface area contributed by atoms with E-state index in [0.717, 1.165) is 19.5 Å². The highest BCUT2D eigenvalue weighted by Crippen LogP contribution is 2.37. The number of nitrogens with zero attached hydrogens (tertiary/aromatic N) is 1. The van der Waals surface area contributed by atoms with E-state index < -0.39 is 0 Å². The summed E-state index contributed by atoms with van der Waals surface area (Å²) in [5, 5.41) is 12.6. The molecule has 5 nitrogen and oxygen atoms in total. The van der Waals surface area contributed by atoms with Crippen LogP contribution in [0.1, 0.15) is 27.2 Å². The summed E-state index contributed by atoms with van der Waals surface area (Å²) in [5.74, 6) is 0.541. The van der Waals surface area contributed by atoms with Gasteiger partial charge in [0.25, 0.3) is 0 Å². The van der Waals surface area contributed by atoms with Crippen molar-refractivity contribution in [1.29, 1.82) is 0 Å². The van der Waals surface area contributed by atoms with Crippen LogP contribution in [0.3, 0.4) is 0 Å². The Morgan fingerprint density at radius 1 is 1.58 bits per heavy atom. The van der Waals surface area contributed by atoms with Crippen molar-refractivity contribution in [2.24, 2.45) is 11.3 Å². The number of rotatable bonds is 3. The maximum atomic E-state index is 13.0. The number of amides is 1. The molecule has 2 rings (SSSR count). The predicted molar refractivity (Wildman–Crippen MR) is 72.8 cm³/mol. The molecule has 2 N–H and O–H groups in total. The van der Waals surface area contributed by atoms with Gasteiger partial charge in [0.15, 0.2) is 0 Å². The largest absolute Gasteiger partial charge is 0.394 e. The van der Waals surface area contributed by atoms with E-state index in [2.05, 4.69) is 19.2 Å². The molecule has 19 heavy (non-hydrogen) atoms. The van der Waals surface area contributed by atoms with Crippen LogP contribution in [-0.4, -0.2) is 60.9 Å². The number of carbonyl (C=O) groups excluding carboxylic acids is 1. The van der Waals surface area contributed by atoms with Crippen LogP contribution in [-0.2, 0) is 9.53 Å². The van der Waals surface area contributed by atoms with E-state index in [1.54, 1.807) is 0 Å². The van der Waals surface area contributed by atoms with Gasteiger partial charge < -0.3 is 20.1 Å². The number of hydrogen-bond acceptors (Lipinski definition) is 4. The normalized spacial score (nSPS) is 35.9. The molecule has 2 aliphatic heterocycles. The number of carbonyl (C=O) groups is 1. The van der Waals surface area contributed by atoms with Crippen molar-refractivity contribution in [2.45, 2.75) is 39.3 Å². The van der Waals surface area contributed by atoms with E-state index in [4.69, 9.17) is 4.74 Å². The number of ether oxygens (including phenoxy) is 1. The van der Waals surface area contributed by atoms with Crippen LogP contribution < -0.4 is 5.32 Å². The van der Waals surface area contributed by atoms with Gasteiger partial charge in [-0.25, -0.2) is 0 Å². The zero-order valence-electron chi connectivity index (χ0n) is 12.2. The minimum Gasteiger partial charge on any atom is -0.394 e. The van der Waals surface area contributed by atoms with E-state index in [1.165, 1.54) is 0 Å². The molecule has 0 saturated carbocycles. The van der Waals surface area contributed by atoms with Crippen molar-refractivity contribution >= 4 is 5.91 Å². The minimum atomic E-state index is -0.286. The summed E-state index contributed by atoms with van der Waals surface area (Å²) in [6, 6.07) is 0.0894. The fourth-order valence-corrected chi connectivity index (χ4v) is 3.13. The fraction of sp³-hybridized carbons (Fsp3) is 0.929. The van der Waals surface area contributed by atoms with Crippen LogP contribution in [0.15, 0.2) is 0 Å². The molecule has 110 valence electrons. The lowest BCUT2D eigenvalue weighted by molar-refractivity contribution is -0.158. The number of aliphatic hydroxyl groups is 1. The first-order valence-electron chi connectivity index (χ1n) is 7.25. The number of aliphatic hydroxyl groups excluding tert-OH is 1. The van der Waals surface area contributed by atoms with Gasteiger partial charge in [-0.3, -0.25) is 4.79 Å². The quantitative estimate of drug-likeness (QED) is 0.771. The molecular formula is C14H26N2O3. The smallest absolute Gasteiger partial charge is 0.230 e. The number of hydrogen-bond donors (Lipinski definition) is 2. The molecule has 1 amide bonds. The van der Waals surface area contributed by atoms with Gasteiger partial charge in [-0.15, -0.1) is 0 Å². The molecule has 0 radical (unpaired) electrons. The third kappa shape index (κ3) is 2.64. The Balaban J connectivity index is 2.16. The van der Waals surface area contributed by atoms with Crippen LogP contribution in [0.2, 0.25) is 0 Å². The topological polar surface area (TPSA) is 61.8 Å². The SMILES string of the molecule is CC1COC(CO)CN1C(=O)C1(C(C)C)CCNC1. The first-order chi connectivity index (χ1) is 9.01. The van der Waals surface area contributed by atoms with E-state index in [9.17, 15) is 9.90 Å². The summed E-state index contributed by atoms with van der Waals surface area (Å²) in [7, 11) is 0. The second-order valence-corrected chi connectivity index (χ2v) is 6.18. The predicted octanol–water partition coefficient (Wildman–Crippen LogP) is 0.230. The highest BCUT2D eigenvalue weighted by molar-refractivity contribution is 5.84. The van der Waals surface area contributed by atoms with Crippen LogP contribution in [0.25, 0.3) is 0 Å². The van der Waals surface area contributed by atoms with Gasteiger partial charge in [0, 0.05) is 13.1 Å². The second kappa shape index (κ2) is 5.77. The molecular weight excluding hydrogens is 244 g/mol. The zero-order valence-corrected chi connectivity index (χ0v) is 12.2. The van der Waals surface area contributed by atoms with Gasteiger partial charge >= 0.3 is 0 Å². The molecule has 0 aliphatic carbocycles. The summed E-state index contributed by atoms with van der Waals surface area (Å²) in [4.78, 5) is 14.9. The molecule has 0 aromatic heterocycles. The van der Waals surface area contributed by atoms with Crippen molar-refractivity contribution < 1.29 is 14.6 Å². The van der Waals surface area contributed by atoms with Gasteiger partial charge in [-0.05, 0) is 25.8 Å². The van der Waals surface area contributed by atoms with Crippen molar-refractivity contribution in [2.75, 3.05) is 32.8 Å². The maximum absolute atomic E-state index is 13.0. The standard InChI is InChI=1S/C14H26N2O3/c1-10(2)14(4-5-15-9-14)13(18)16-6-12(7-17)19-8-11(16)3/h10-12,15,17H,4-9H2,1-3H3. The van der Waals surface area contributed by atoms with Crippen molar-refractivity contribution in [3.63, 3.8) is 0 Å². The van der Waals surface area contributed by atoms with Gasteiger partial charge in [0.05, 0.1) is 30.8 Å². The third-order valence-electron chi connectivity index (χ3n) is 4.69. The molecule has 2 saturated heterocycles. The van der Waals surface area contributed by atoms with Crippen molar-refractivity contribution in [3.8, 4) is 0 Å². The lowest BCUT2D eigenvalue weighted by atomic mass is 9.75.